The molecule has 0 bridgehead atoms. The molecule has 1 aromatic rings. The van der Waals surface area contributed by atoms with E-state index in [0.29, 0.717) is 6.04 Å². The Kier molecular flexibility index (Phi) is 5.70. The first-order valence-corrected chi connectivity index (χ1v) is 7.84. The van der Waals surface area contributed by atoms with Crippen LogP contribution in [0.25, 0.3) is 0 Å². The van der Waals surface area contributed by atoms with Crippen molar-refractivity contribution in [1.29, 1.82) is 0 Å². The lowest BCUT2D eigenvalue weighted by atomic mass is 10.0. The van der Waals surface area contributed by atoms with Crippen LogP contribution in [-0.2, 0) is 0 Å². The van der Waals surface area contributed by atoms with Gasteiger partial charge in [-0.1, -0.05) is 25.1 Å². The highest BCUT2D eigenvalue weighted by atomic mass is 16.6. The molecule has 0 radical (unpaired) electrons. The van der Waals surface area contributed by atoms with Gasteiger partial charge in [-0.3, -0.25) is 15.0 Å². The average molecular weight is 291 g/mol. The van der Waals surface area contributed by atoms with Gasteiger partial charge in [0.25, 0.3) is 5.69 Å². The molecule has 5 nitrogen and oxygen atoms in total. The monoisotopic (exact) mass is 291 g/mol. The quantitative estimate of drug-likeness (QED) is 0.619. The first-order valence-electron chi connectivity index (χ1n) is 7.84. The largest absolute Gasteiger partial charge is 0.313 e. The second kappa shape index (κ2) is 7.52. The maximum Gasteiger partial charge on any atom is 0.274 e. The molecule has 1 fully saturated rings. The molecule has 1 saturated heterocycles. The number of hydrogen-bond donors (Lipinski definition) is 1. The van der Waals surface area contributed by atoms with Gasteiger partial charge in [0.15, 0.2) is 0 Å². The van der Waals surface area contributed by atoms with Crippen LogP contribution < -0.4 is 5.32 Å². The number of nitro groups is 1. The molecule has 5 heteroatoms. The van der Waals surface area contributed by atoms with Crippen molar-refractivity contribution in [2.75, 3.05) is 19.6 Å². The summed E-state index contributed by atoms with van der Waals surface area (Å²) in [6, 6.07) is 7.68. The number of benzene rings is 1. The van der Waals surface area contributed by atoms with Gasteiger partial charge < -0.3 is 5.32 Å². The molecular formula is C16H25N3O2. The molecular weight excluding hydrogens is 266 g/mol. The van der Waals surface area contributed by atoms with Crippen LogP contribution in [0.1, 0.15) is 44.7 Å². The van der Waals surface area contributed by atoms with Gasteiger partial charge in [-0.25, -0.2) is 0 Å². The summed E-state index contributed by atoms with van der Waals surface area (Å²) in [6.07, 6.45) is 3.48. The van der Waals surface area contributed by atoms with E-state index in [4.69, 9.17) is 0 Å². The lowest BCUT2D eigenvalue weighted by Gasteiger charge is -2.31. The lowest BCUT2D eigenvalue weighted by Crippen LogP contribution is -2.39. The molecule has 1 heterocycles. The molecule has 1 aliphatic rings. The van der Waals surface area contributed by atoms with Gasteiger partial charge in [0.1, 0.15) is 0 Å². The molecule has 0 amide bonds. The zero-order chi connectivity index (χ0) is 15.2. The second-order valence-electron chi connectivity index (χ2n) is 5.78. The zero-order valence-electron chi connectivity index (χ0n) is 12.9. The topological polar surface area (TPSA) is 58.4 Å². The minimum Gasteiger partial charge on any atom is -0.313 e. The van der Waals surface area contributed by atoms with E-state index < -0.39 is 0 Å². The third-order valence-electron chi connectivity index (χ3n) is 4.26. The minimum absolute atomic E-state index is 0.0638. The highest BCUT2D eigenvalue weighted by Crippen LogP contribution is 2.29. The SMILES string of the molecule is CCCN(CC1CCCN1)C(C)c1ccccc1[N+](=O)[O-]. The average Bonchev–Trinajstić information content (AvgIpc) is 2.99. The summed E-state index contributed by atoms with van der Waals surface area (Å²) in [5.41, 5.74) is 1.04. The van der Waals surface area contributed by atoms with Crippen molar-refractivity contribution in [2.45, 2.75) is 45.2 Å². The van der Waals surface area contributed by atoms with E-state index in [1.54, 1.807) is 12.1 Å². The van der Waals surface area contributed by atoms with Gasteiger partial charge in [0, 0.05) is 30.3 Å². The molecule has 0 aliphatic carbocycles. The molecule has 2 unspecified atom stereocenters. The van der Waals surface area contributed by atoms with Gasteiger partial charge in [0.2, 0.25) is 0 Å². The van der Waals surface area contributed by atoms with Gasteiger partial charge in [-0.2, -0.15) is 0 Å². The third-order valence-corrected chi connectivity index (χ3v) is 4.26. The van der Waals surface area contributed by atoms with Crippen LogP contribution in [0.15, 0.2) is 24.3 Å². The third kappa shape index (κ3) is 4.02. The first-order chi connectivity index (χ1) is 10.1. The summed E-state index contributed by atoms with van der Waals surface area (Å²) in [4.78, 5) is 13.3. The molecule has 116 valence electrons. The normalized spacial score (nSPS) is 19.9. The molecule has 21 heavy (non-hydrogen) atoms. The number of rotatable bonds is 7. The standard InChI is InChI=1S/C16H25N3O2/c1-3-11-18(12-14-7-6-10-17-14)13(2)15-8-4-5-9-16(15)19(20)21/h4-5,8-9,13-14,17H,3,6-7,10-12H2,1-2H3. The smallest absolute Gasteiger partial charge is 0.274 e. The van der Waals surface area contributed by atoms with Crippen LogP contribution in [-0.4, -0.2) is 35.5 Å². The maximum atomic E-state index is 11.2. The minimum atomic E-state index is -0.274. The van der Waals surface area contributed by atoms with Crippen LogP contribution in [0.4, 0.5) is 5.69 Å². The van der Waals surface area contributed by atoms with E-state index in [1.165, 1.54) is 12.8 Å². The molecule has 0 spiro atoms. The van der Waals surface area contributed by atoms with Crippen LogP contribution in [0.2, 0.25) is 0 Å². The molecule has 0 aromatic heterocycles. The van der Waals surface area contributed by atoms with Crippen molar-refractivity contribution >= 4 is 5.69 Å². The Labute approximate surface area is 126 Å². The Bertz CT molecular complexity index is 472. The van der Waals surface area contributed by atoms with E-state index in [9.17, 15) is 10.1 Å². The molecule has 1 aliphatic heterocycles. The fourth-order valence-electron chi connectivity index (χ4n) is 3.13. The van der Waals surface area contributed by atoms with Crippen molar-refractivity contribution in [1.82, 2.24) is 10.2 Å². The van der Waals surface area contributed by atoms with Crippen molar-refractivity contribution < 1.29 is 4.92 Å². The molecule has 0 saturated carbocycles. The summed E-state index contributed by atoms with van der Waals surface area (Å²) in [5.74, 6) is 0. The Hall–Kier alpha value is -1.46. The van der Waals surface area contributed by atoms with Crippen molar-refractivity contribution in [2.24, 2.45) is 0 Å². The number of nitrogens with zero attached hydrogens (tertiary/aromatic N) is 2. The van der Waals surface area contributed by atoms with E-state index in [0.717, 1.165) is 31.6 Å². The van der Waals surface area contributed by atoms with Crippen LogP contribution in [0.3, 0.4) is 0 Å². The number of hydrogen-bond acceptors (Lipinski definition) is 4. The van der Waals surface area contributed by atoms with E-state index >= 15 is 0 Å². The summed E-state index contributed by atoms with van der Waals surface area (Å²) in [7, 11) is 0. The fraction of sp³-hybridized carbons (Fsp3) is 0.625. The predicted octanol–water partition coefficient (Wildman–Crippen LogP) is 3.12. The van der Waals surface area contributed by atoms with Gasteiger partial charge in [-0.05, 0) is 39.3 Å². The van der Waals surface area contributed by atoms with E-state index in [1.807, 2.05) is 12.1 Å². The Morgan fingerprint density at radius 3 is 2.86 bits per heavy atom. The Morgan fingerprint density at radius 1 is 1.48 bits per heavy atom. The molecule has 1 aromatic carbocycles. The predicted molar refractivity (Wildman–Crippen MR) is 84.4 cm³/mol. The Balaban J connectivity index is 2.16. The lowest BCUT2D eigenvalue weighted by molar-refractivity contribution is -0.386. The van der Waals surface area contributed by atoms with Gasteiger partial charge in [-0.15, -0.1) is 0 Å². The Morgan fingerprint density at radius 2 is 2.24 bits per heavy atom. The van der Waals surface area contributed by atoms with Crippen LogP contribution in [0.5, 0.6) is 0 Å². The molecule has 2 atom stereocenters. The first kappa shape index (κ1) is 15.9. The van der Waals surface area contributed by atoms with Crippen LogP contribution >= 0.6 is 0 Å². The second-order valence-corrected chi connectivity index (χ2v) is 5.78. The van der Waals surface area contributed by atoms with Gasteiger partial charge in [0.05, 0.1) is 4.92 Å². The maximum absolute atomic E-state index is 11.2. The van der Waals surface area contributed by atoms with Gasteiger partial charge >= 0.3 is 0 Å². The number of para-hydroxylation sites is 1. The number of nitro benzene ring substituents is 1. The van der Waals surface area contributed by atoms with Crippen molar-refractivity contribution in [3.8, 4) is 0 Å². The van der Waals surface area contributed by atoms with Crippen molar-refractivity contribution in [3.63, 3.8) is 0 Å². The fourth-order valence-corrected chi connectivity index (χ4v) is 3.13. The molecule has 2 rings (SSSR count). The zero-order valence-corrected chi connectivity index (χ0v) is 12.9. The summed E-state index contributed by atoms with van der Waals surface area (Å²) in [5, 5.41) is 14.7. The van der Waals surface area contributed by atoms with E-state index in [2.05, 4.69) is 24.1 Å². The summed E-state index contributed by atoms with van der Waals surface area (Å²) < 4.78 is 0. The highest BCUT2D eigenvalue weighted by Gasteiger charge is 2.26. The number of nitrogens with one attached hydrogen (secondary N) is 1. The van der Waals surface area contributed by atoms with E-state index in [-0.39, 0.29) is 16.7 Å². The highest BCUT2D eigenvalue weighted by molar-refractivity contribution is 5.41. The summed E-state index contributed by atoms with van der Waals surface area (Å²) >= 11 is 0. The summed E-state index contributed by atoms with van der Waals surface area (Å²) in [6.45, 7) is 7.24. The van der Waals surface area contributed by atoms with Crippen molar-refractivity contribution in [3.05, 3.63) is 39.9 Å². The molecule has 1 N–H and O–H groups in total. The van der Waals surface area contributed by atoms with Crippen LogP contribution in [0, 0.1) is 10.1 Å².